The molecule has 0 bridgehead atoms. The second kappa shape index (κ2) is 2.99. The van der Waals surface area contributed by atoms with Crippen LogP contribution in [0.25, 0.3) is 0 Å². The highest BCUT2D eigenvalue weighted by molar-refractivity contribution is 6.30. The van der Waals surface area contributed by atoms with E-state index in [0.717, 1.165) is 29.8 Å². The zero-order valence-electron chi connectivity index (χ0n) is 8.29. The van der Waals surface area contributed by atoms with Gasteiger partial charge in [-0.15, -0.1) is 0 Å². The molecular weight excluding hydrogens is 210 g/mol. The fraction of sp³-hybridized carbons (Fsp3) is 0.417. The topological polar surface area (TPSA) is 29.1 Å². The number of hydrogen-bond donors (Lipinski definition) is 1. The number of amides is 1. The van der Waals surface area contributed by atoms with Crippen molar-refractivity contribution in [1.29, 1.82) is 0 Å². The van der Waals surface area contributed by atoms with Crippen LogP contribution in [0.1, 0.15) is 30.7 Å². The third-order valence-corrected chi connectivity index (χ3v) is 3.68. The largest absolute Gasteiger partial charge is 0.350 e. The van der Waals surface area contributed by atoms with Gasteiger partial charge in [0.2, 0.25) is 5.91 Å². The Morgan fingerprint density at radius 2 is 1.93 bits per heavy atom. The highest BCUT2D eigenvalue weighted by atomic mass is 35.5. The highest BCUT2D eigenvalue weighted by Crippen LogP contribution is 2.48. The average Bonchev–Trinajstić information content (AvgIpc) is 2.87. The second-order valence-electron chi connectivity index (χ2n) is 4.58. The first-order valence-corrected chi connectivity index (χ1v) is 5.64. The molecule has 3 heteroatoms. The van der Waals surface area contributed by atoms with Crippen LogP contribution in [-0.2, 0) is 4.79 Å². The summed E-state index contributed by atoms with van der Waals surface area (Å²) >= 11 is 5.82. The first-order valence-electron chi connectivity index (χ1n) is 5.26. The lowest BCUT2D eigenvalue weighted by molar-refractivity contribution is -0.120. The van der Waals surface area contributed by atoms with Crippen LogP contribution in [-0.4, -0.2) is 11.4 Å². The molecule has 2 nitrogen and oxygen atoms in total. The molecule has 1 N–H and O–H groups in total. The van der Waals surface area contributed by atoms with Crippen LogP contribution in [0.2, 0.25) is 5.02 Å². The van der Waals surface area contributed by atoms with Crippen LogP contribution in [0.3, 0.4) is 0 Å². The van der Waals surface area contributed by atoms with E-state index in [2.05, 4.69) is 5.32 Å². The Balaban J connectivity index is 1.88. The number of carbonyl (C=O) groups excluding carboxylic acids is 1. The molecule has 1 spiro atoms. The summed E-state index contributed by atoms with van der Waals surface area (Å²) < 4.78 is 0. The Bertz CT molecular complexity index is 408. The molecule has 1 saturated carbocycles. The maximum absolute atomic E-state index is 11.8. The lowest BCUT2D eigenvalue weighted by Gasteiger charge is -2.06. The molecule has 1 aromatic rings. The van der Waals surface area contributed by atoms with Gasteiger partial charge in [0.1, 0.15) is 0 Å². The molecule has 1 atom stereocenters. The van der Waals surface area contributed by atoms with Crippen molar-refractivity contribution in [3.63, 3.8) is 0 Å². The number of halogens is 1. The second-order valence-corrected chi connectivity index (χ2v) is 5.01. The van der Waals surface area contributed by atoms with E-state index >= 15 is 0 Å². The first kappa shape index (κ1) is 9.22. The van der Waals surface area contributed by atoms with Crippen molar-refractivity contribution in [3.8, 4) is 0 Å². The van der Waals surface area contributed by atoms with Crippen molar-refractivity contribution in [2.45, 2.75) is 30.7 Å². The minimum absolute atomic E-state index is 0.0322. The van der Waals surface area contributed by atoms with E-state index in [1.54, 1.807) is 0 Å². The fourth-order valence-electron chi connectivity index (χ4n) is 2.33. The standard InChI is InChI=1S/C12H12ClNO/c13-9-3-1-8(2-4-9)10-7-12(5-6-12)14-11(10)15/h1-4,10H,5-7H2,(H,14,15). The summed E-state index contributed by atoms with van der Waals surface area (Å²) in [6, 6.07) is 7.60. The molecular formula is C12H12ClNO. The molecule has 1 unspecified atom stereocenters. The van der Waals surface area contributed by atoms with Crippen LogP contribution in [0.5, 0.6) is 0 Å². The minimum atomic E-state index is 0.0322. The number of carbonyl (C=O) groups is 1. The Hall–Kier alpha value is -1.02. The molecule has 1 amide bonds. The highest BCUT2D eigenvalue weighted by Gasteiger charge is 2.52. The smallest absolute Gasteiger partial charge is 0.228 e. The zero-order chi connectivity index (χ0) is 10.5. The fourth-order valence-corrected chi connectivity index (χ4v) is 2.45. The van der Waals surface area contributed by atoms with Gasteiger partial charge in [-0.05, 0) is 37.0 Å². The van der Waals surface area contributed by atoms with E-state index < -0.39 is 0 Å². The van der Waals surface area contributed by atoms with Crippen molar-refractivity contribution in [2.24, 2.45) is 0 Å². The summed E-state index contributed by atoms with van der Waals surface area (Å²) in [5.41, 5.74) is 1.24. The van der Waals surface area contributed by atoms with Gasteiger partial charge < -0.3 is 5.32 Å². The van der Waals surface area contributed by atoms with Gasteiger partial charge in [0.25, 0.3) is 0 Å². The van der Waals surface area contributed by atoms with Gasteiger partial charge in [-0.25, -0.2) is 0 Å². The van der Waals surface area contributed by atoms with E-state index in [9.17, 15) is 4.79 Å². The van der Waals surface area contributed by atoms with Gasteiger partial charge in [0.15, 0.2) is 0 Å². The molecule has 1 saturated heterocycles. The summed E-state index contributed by atoms with van der Waals surface area (Å²) in [5.74, 6) is 0.208. The SMILES string of the molecule is O=C1NC2(CC2)CC1c1ccc(Cl)cc1. The first-order chi connectivity index (χ1) is 7.19. The molecule has 0 aromatic heterocycles. The summed E-state index contributed by atoms with van der Waals surface area (Å²) in [7, 11) is 0. The monoisotopic (exact) mass is 221 g/mol. The van der Waals surface area contributed by atoms with Gasteiger partial charge in [-0.2, -0.15) is 0 Å². The lowest BCUT2D eigenvalue weighted by Crippen LogP contribution is -2.27. The number of hydrogen-bond acceptors (Lipinski definition) is 1. The Labute approximate surface area is 93.6 Å². The minimum Gasteiger partial charge on any atom is -0.350 e. The molecule has 1 aliphatic heterocycles. The van der Waals surface area contributed by atoms with Gasteiger partial charge in [-0.1, -0.05) is 23.7 Å². The van der Waals surface area contributed by atoms with Crippen LogP contribution < -0.4 is 5.32 Å². The summed E-state index contributed by atoms with van der Waals surface area (Å²) in [6.07, 6.45) is 3.24. The van der Waals surface area contributed by atoms with Crippen LogP contribution >= 0.6 is 11.6 Å². The van der Waals surface area contributed by atoms with E-state index in [1.807, 2.05) is 24.3 Å². The van der Waals surface area contributed by atoms with Crippen molar-refractivity contribution in [2.75, 3.05) is 0 Å². The van der Waals surface area contributed by atoms with Crippen LogP contribution in [0.4, 0.5) is 0 Å². The third kappa shape index (κ3) is 1.53. The zero-order valence-corrected chi connectivity index (χ0v) is 9.05. The quantitative estimate of drug-likeness (QED) is 0.776. The molecule has 1 heterocycles. The molecule has 1 aromatic carbocycles. The van der Waals surface area contributed by atoms with Crippen LogP contribution in [0.15, 0.2) is 24.3 Å². The number of rotatable bonds is 1. The molecule has 15 heavy (non-hydrogen) atoms. The number of nitrogens with one attached hydrogen (secondary N) is 1. The summed E-state index contributed by atoms with van der Waals surface area (Å²) in [5, 5.41) is 3.82. The summed E-state index contributed by atoms with van der Waals surface area (Å²) in [6.45, 7) is 0. The lowest BCUT2D eigenvalue weighted by atomic mass is 9.95. The Kier molecular flexibility index (Phi) is 1.84. The maximum atomic E-state index is 11.8. The molecule has 78 valence electrons. The Morgan fingerprint density at radius 1 is 1.27 bits per heavy atom. The third-order valence-electron chi connectivity index (χ3n) is 3.43. The summed E-state index contributed by atoms with van der Waals surface area (Å²) in [4.78, 5) is 11.8. The van der Waals surface area contributed by atoms with E-state index in [4.69, 9.17) is 11.6 Å². The van der Waals surface area contributed by atoms with Crippen molar-refractivity contribution < 1.29 is 4.79 Å². The molecule has 2 fully saturated rings. The van der Waals surface area contributed by atoms with Crippen LogP contribution in [0, 0.1) is 0 Å². The van der Waals surface area contributed by atoms with Gasteiger partial charge in [0, 0.05) is 10.6 Å². The molecule has 2 aliphatic rings. The van der Waals surface area contributed by atoms with E-state index in [1.165, 1.54) is 0 Å². The van der Waals surface area contributed by atoms with Gasteiger partial charge >= 0.3 is 0 Å². The maximum Gasteiger partial charge on any atom is 0.228 e. The van der Waals surface area contributed by atoms with Gasteiger partial charge in [-0.3, -0.25) is 4.79 Å². The van der Waals surface area contributed by atoms with E-state index in [-0.39, 0.29) is 17.4 Å². The molecule has 3 rings (SSSR count). The number of benzene rings is 1. The van der Waals surface area contributed by atoms with E-state index in [0.29, 0.717) is 0 Å². The molecule has 0 radical (unpaired) electrons. The van der Waals surface area contributed by atoms with Crippen molar-refractivity contribution >= 4 is 17.5 Å². The molecule has 1 aliphatic carbocycles. The predicted molar refractivity (Wildman–Crippen MR) is 58.9 cm³/mol. The van der Waals surface area contributed by atoms with Gasteiger partial charge in [0.05, 0.1) is 5.92 Å². The predicted octanol–water partition coefficient (Wildman–Crippen LogP) is 2.48. The van der Waals surface area contributed by atoms with Crippen molar-refractivity contribution in [3.05, 3.63) is 34.9 Å². The Morgan fingerprint density at radius 3 is 2.47 bits per heavy atom. The normalized spacial score (nSPS) is 26.7. The average molecular weight is 222 g/mol. The van der Waals surface area contributed by atoms with Crippen molar-refractivity contribution in [1.82, 2.24) is 5.32 Å².